The van der Waals surface area contributed by atoms with Gasteiger partial charge in [0.05, 0.1) is 19.3 Å². The molecule has 0 spiro atoms. The molecular weight excluding hydrogens is 208 g/mol. The summed E-state index contributed by atoms with van der Waals surface area (Å²) < 4.78 is 9.79. The lowest BCUT2D eigenvalue weighted by Crippen LogP contribution is -2.05. The van der Waals surface area contributed by atoms with Gasteiger partial charge in [-0.1, -0.05) is 6.92 Å². The number of hydrogen-bond acceptors (Lipinski definition) is 5. The number of carbonyl (C=O) groups excluding carboxylic acids is 1. The van der Waals surface area contributed by atoms with Gasteiger partial charge in [-0.15, -0.1) is 0 Å². The molecule has 1 aromatic rings. The van der Waals surface area contributed by atoms with Gasteiger partial charge >= 0.3 is 5.97 Å². The number of aromatic nitrogens is 1. The molecule has 0 saturated carbocycles. The predicted molar refractivity (Wildman–Crippen MR) is 56.1 cm³/mol. The molecule has 0 aliphatic carbocycles. The maximum absolute atomic E-state index is 11.2. The quantitative estimate of drug-likeness (QED) is 0.719. The van der Waals surface area contributed by atoms with E-state index < -0.39 is 5.97 Å². The molecule has 0 aliphatic rings. The summed E-state index contributed by atoms with van der Waals surface area (Å²) >= 11 is 0. The maximum atomic E-state index is 11.2. The fraction of sp³-hybridized carbons (Fsp3) is 0.364. The smallest absolute Gasteiger partial charge is 0.339 e. The zero-order valence-electron chi connectivity index (χ0n) is 9.19. The molecule has 0 amide bonds. The Hall–Kier alpha value is -2.09. The molecule has 1 heterocycles. The highest BCUT2D eigenvalue weighted by Gasteiger charge is 2.11. The molecule has 5 nitrogen and oxygen atoms in total. The normalized spacial score (nSPS) is 9.31. The topological polar surface area (TPSA) is 72.2 Å². The molecule has 84 valence electrons. The van der Waals surface area contributed by atoms with Gasteiger partial charge in [0.15, 0.2) is 0 Å². The van der Waals surface area contributed by atoms with E-state index in [1.807, 2.05) is 13.0 Å². The Kier molecular flexibility index (Phi) is 4.28. The Morgan fingerprint density at radius 3 is 2.94 bits per heavy atom. The standard InChI is InChI=1S/C11H12N2O3/c1-3-4-16-10-8(6-12)5-9(7-13-10)11(14)15-2/h5,7H,3-4H2,1-2H3. The SMILES string of the molecule is CCCOc1ncc(C(=O)OC)cc1C#N. The number of methoxy groups -OCH3 is 1. The maximum Gasteiger partial charge on any atom is 0.339 e. The van der Waals surface area contributed by atoms with Gasteiger partial charge in [0, 0.05) is 6.20 Å². The minimum absolute atomic E-state index is 0.233. The summed E-state index contributed by atoms with van der Waals surface area (Å²) in [4.78, 5) is 15.1. The average Bonchev–Trinajstić information content (AvgIpc) is 2.35. The van der Waals surface area contributed by atoms with Gasteiger partial charge < -0.3 is 9.47 Å². The minimum atomic E-state index is -0.522. The monoisotopic (exact) mass is 220 g/mol. The van der Waals surface area contributed by atoms with Crippen molar-refractivity contribution in [1.29, 1.82) is 5.26 Å². The van der Waals surface area contributed by atoms with E-state index in [9.17, 15) is 4.79 Å². The van der Waals surface area contributed by atoms with E-state index >= 15 is 0 Å². The number of pyridine rings is 1. The summed E-state index contributed by atoms with van der Waals surface area (Å²) in [5, 5.41) is 8.87. The summed E-state index contributed by atoms with van der Waals surface area (Å²) in [5.41, 5.74) is 0.472. The number of rotatable bonds is 4. The first-order chi connectivity index (χ1) is 7.72. The lowest BCUT2D eigenvalue weighted by Gasteiger charge is -2.06. The van der Waals surface area contributed by atoms with Crippen LogP contribution in [0.5, 0.6) is 5.88 Å². The van der Waals surface area contributed by atoms with Crippen LogP contribution in [0.2, 0.25) is 0 Å². The van der Waals surface area contributed by atoms with Gasteiger partial charge in [-0.05, 0) is 12.5 Å². The third kappa shape index (κ3) is 2.70. The number of carbonyl (C=O) groups is 1. The Labute approximate surface area is 93.6 Å². The Morgan fingerprint density at radius 2 is 2.38 bits per heavy atom. The molecule has 0 unspecified atom stereocenters. The minimum Gasteiger partial charge on any atom is -0.477 e. The predicted octanol–water partition coefficient (Wildman–Crippen LogP) is 1.53. The van der Waals surface area contributed by atoms with Crippen molar-refractivity contribution < 1.29 is 14.3 Å². The van der Waals surface area contributed by atoms with Crippen LogP contribution in [0, 0.1) is 11.3 Å². The molecule has 0 aromatic carbocycles. The highest BCUT2D eigenvalue weighted by atomic mass is 16.5. The van der Waals surface area contributed by atoms with Gasteiger partial charge in [-0.25, -0.2) is 9.78 Å². The van der Waals surface area contributed by atoms with Crippen molar-refractivity contribution >= 4 is 5.97 Å². The van der Waals surface area contributed by atoms with Crippen LogP contribution in [0.3, 0.4) is 0 Å². The Morgan fingerprint density at radius 1 is 1.62 bits per heavy atom. The molecule has 0 N–H and O–H groups in total. The molecule has 0 fully saturated rings. The van der Waals surface area contributed by atoms with Crippen molar-refractivity contribution in [2.75, 3.05) is 13.7 Å². The van der Waals surface area contributed by atoms with Crippen molar-refractivity contribution in [3.8, 4) is 11.9 Å². The first kappa shape index (κ1) is 12.0. The van der Waals surface area contributed by atoms with E-state index in [4.69, 9.17) is 10.00 Å². The largest absolute Gasteiger partial charge is 0.477 e. The molecular formula is C11H12N2O3. The first-order valence-electron chi connectivity index (χ1n) is 4.84. The van der Waals surface area contributed by atoms with E-state index in [1.54, 1.807) is 0 Å². The highest BCUT2D eigenvalue weighted by Crippen LogP contribution is 2.16. The highest BCUT2D eigenvalue weighted by molar-refractivity contribution is 5.89. The van der Waals surface area contributed by atoms with Crippen LogP contribution in [-0.2, 0) is 4.74 Å². The summed E-state index contributed by atoms with van der Waals surface area (Å²) in [6.07, 6.45) is 2.16. The van der Waals surface area contributed by atoms with Crippen LogP contribution in [0.15, 0.2) is 12.3 Å². The van der Waals surface area contributed by atoms with E-state index in [0.29, 0.717) is 6.61 Å². The zero-order chi connectivity index (χ0) is 12.0. The van der Waals surface area contributed by atoms with Crippen LogP contribution >= 0.6 is 0 Å². The van der Waals surface area contributed by atoms with E-state index in [-0.39, 0.29) is 17.0 Å². The molecule has 5 heteroatoms. The van der Waals surface area contributed by atoms with Crippen LogP contribution in [0.1, 0.15) is 29.3 Å². The fourth-order valence-electron chi connectivity index (χ4n) is 1.08. The second-order valence-electron chi connectivity index (χ2n) is 3.03. The Bertz CT molecular complexity index is 424. The number of nitrogens with zero attached hydrogens (tertiary/aromatic N) is 2. The van der Waals surface area contributed by atoms with Crippen LogP contribution < -0.4 is 4.74 Å². The van der Waals surface area contributed by atoms with Crippen molar-refractivity contribution in [3.05, 3.63) is 23.4 Å². The third-order valence-corrected chi connectivity index (χ3v) is 1.84. The van der Waals surface area contributed by atoms with Crippen molar-refractivity contribution in [2.45, 2.75) is 13.3 Å². The second kappa shape index (κ2) is 5.71. The number of esters is 1. The zero-order valence-corrected chi connectivity index (χ0v) is 9.19. The van der Waals surface area contributed by atoms with Crippen molar-refractivity contribution in [3.63, 3.8) is 0 Å². The van der Waals surface area contributed by atoms with Gasteiger partial charge in [0.2, 0.25) is 5.88 Å². The number of hydrogen-bond donors (Lipinski definition) is 0. The van der Waals surface area contributed by atoms with E-state index in [0.717, 1.165) is 6.42 Å². The van der Waals surface area contributed by atoms with Crippen molar-refractivity contribution in [1.82, 2.24) is 4.98 Å². The summed E-state index contributed by atoms with van der Waals surface area (Å²) in [7, 11) is 1.27. The van der Waals surface area contributed by atoms with Gasteiger partial charge in [-0.3, -0.25) is 0 Å². The summed E-state index contributed by atoms with van der Waals surface area (Å²) in [6, 6.07) is 3.34. The summed E-state index contributed by atoms with van der Waals surface area (Å²) in [5.74, 6) is -0.275. The molecule has 0 radical (unpaired) electrons. The number of ether oxygens (including phenoxy) is 2. The average molecular weight is 220 g/mol. The molecule has 1 rings (SSSR count). The van der Waals surface area contributed by atoms with Gasteiger partial charge in [0.1, 0.15) is 11.6 Å². The number of nitriles is 1. The fourth-order valence-corrected chi connectivity index (χ4v) is 1.08. The lowest BCUT2D eigenvalue weighted by molar-refractivity contribution is 0.0600. The van der Waals surface area contributed by atoms with Crippen LogP contribution in [0.4, 0.5) is 0 Å². The third-order valence-electron chi connectivity index (χ3n) is 1.84. The van der Waals surface area contributed by atoms with Crippen LogP contribution in [0.25, 0.3) is 0 Å². The van der Waals surface area contributed by atoms with E-state index in [1.165, 1.54) is 19.4 Å². The lowest BCUT2D eigenvalue weighted by atomic mass is 10.2. The molecule has 0 atom stereocenters. The van der Waals surface area contributed by atoms with Gasteiger partial charge in [-0.2, -0.15) is 5.26 Å². The van der Waals surface area contributed by atoms with Crippen molar-refractivity contribution in [2.24, 2.45) is 0 Å². The van der Waals surface area contributed by atoms with E-state index in [2.05, 4.69) is 9.72 Å². The van der Waals surface area contributed by atoms with Crippen LogP contribution in [-0.4, -0.2) is 24.7 Å². The molecule has 16 heavy (non-hydrogen) atoms. The second-order valence-corrected chi connectivity index (χ2v) is 3.03. The molecule has 1 aromatic heterocycles. The Balaban J connectivity index is 2.98. The van der Waals surface area contributed by atoms with Gasteiger partial charge in [0.25, 0.3) is 0 Å². The molecule has 0 saturated heterocycles. The summed E-state index contributed by atoms with van der Waals surface area (Å²) in [6.45, 7) is 2.44. The molecule has 0 bridgehead atoms. The first-order valence-corrected chi connectivity index (χ1v) is 4.84. The molecule has 0 aliphatic heterocycles.